The van der Waals surface area contributed by atoms with E-state index in [2.05, 4.69) is 0 Å². The van der Waals surface area contributed by atoms with Crippen molar-refractivity contribution in [1.82, 2.24) is 0 Å². The number of thioether (sulfide) groups is 1. The molecule has 0 bridgehead atoms. The molecule has 0 radical (unpaired) electrons. The van der Waals surface area contributed by atoms with Gasteiger partial charge >= 0.3 is 0 Å². The highest BCUT2D eigenvalue weighted by atomic mass is 35.5. The van der Waals surface area contributed by atoms with E-state index < -0.39 is 0 Å². The molecular weight excluding hydrogens is 216 g/mol. The molecule has 0 spiro atoms. The van der Waals surface area contributed by atoms with Crippen molar-refractivity contribution in [2.45, 2.75) is 30.4 Å². The first-order valence-electron chi connectivity index (χ1n) is 4.56. The first kappa shape index (κ1) is 11.6. The number of hydrogen-bond donors (Lipinski definition) is 0. The first-order chi connectivity index (χ1) is 6.63. The fraction of sp³-hybridized carbons (Fsp3) is 0.364. The third-order valence-electron chi connectivity index (χ3n) is 1.92. The molecular formula is C11H13ClOS. The van der Waals surface area contributed by atoms with Crippen LogP contribution in [0.2, 0.25) is 5.02 Å². The van der Waals surface area contributed by atoms with Crippen molar-refractivity contribution < 1.29 is 4.79 Å². The third-order valence-corrected chi connectivity index (χ3v) is 3.66. The minimum Gasteiger partial charge on any atom is -0.299 e. The second-order valence-electron chi connectivity index (χ2n) is 3.08. The van der Waals surface area contributed by atoms with Gasteiger partial charge in [-0.05, 0) is 37.6 Å². The SMILES string of the molecule is CCC(Sc1ccc(Cl)cc1)C(C)=O. The van der Waals surface area contributed by atoms with Crippen molar-refractivity contribution in [3.63, 3.8) is 0 Å². The number of hydrogen-bond acceptors (Lipinski definition) is 2. The van der Waals surface area contributed by atoms with Crippen LogP contribution in [0.3, 0.4) is 0 Å². The van der Waals surface area contributed by atoms with Crippen LogP contribution in [0, 0.1) is 0 Å². The van der Waals surface area contributed by atoms with Crippen LogP contribution in [-0.4, -0.2) is 11.0 Å². The van der Waals surface area contributed by atoms with Gasteiger partial charge in [0, 0.05) is 9.92 Å². The number of halogens is 1. The summed E-state index contributed by atoms with van der Waals surface area (Å²) in [5, 5.41) is 0.793. The van der Waals surface area contributed by atoms with Gasteiger partial charge in [0.15, 0.2) is 0 Å². The molecule has 1 unspecified atom stereocenters. The van der Waals surface area contributed by atoms with Crippen molar-refractivity contribution in [2.24, 2.45) is 0 Å². The van der Waals surface area contributed by atoms with Gasteiger partial charge in [-0.15, -0.1) is 11.8 Å². The Morgan fingerprint density at radius 2 is 2.00 bits per heavy atom. The molecule has 1 rings (SSSR count). The van der Waals surface area contributed by atoms with Crippen LogP contribution in [0.5, 0.6) is 0 Å². The fourth-order valence-corrected chi connectivity index (χ4v) is 2.21. The Hall–Kier alpha value is -0.470. The van der Waals surface area contributed by atoms with Crippen LogP contribution in [-0.2, 0) is 4.79 Å². The Balaban J connectivity index is 2.67. The molecule has 76 valence electrons. The maximum absolute atomic E-state index is 11.2. The summed E-state index contributed by atoms with van der Waals surface area (Å²) in [7, 11) is 0. The zero-order valence-electron chi connectivity index (χ0n) is 8.29. The molecule has 14 heavy (non-hydrogen) atoms. The summed E-state index contributed by atoms with van der Waals surface area (Å²) in [5.41, 5.74) is 0. The molecule has 0 aromatic heterocycles. The topological polar surface area (TPSA) is 17.1 Å². The zero-order valence-corrected chi connectivity index (χ0v) is 9.86. The van der Waals surface area contributed by atoms with Gasteiger partial charge in [0.2, 0.25) is 0 Å². The average Bonchev–Trinajstić information content (AvgIpc) is 2.16. The molecule has 1 atom stereocenters. The highest BCUT2D eigenvalue weighted by molar-refractivity contribution is 8.00. The summed E-state index contributed by atoms with van der Waals surface area (Å²) < 4.78 is 0. The van der Waals surface area contributed by atoms with E-state index in [1.165, 1.54) is 0 Å². The minimum atomic E-state index is 0.0659. The Kier molecular flexibility index (Phi) is 4.49. The average molecular weight is 229 g/mol. The second kappa shape index (κ2) is 5.42. The van der Waals surface area contributed by atoms with E-state index in [-0.39, 0.29) is 11.0 Å². The van der Waals surface area contributed by atoms with Crippen LogP contribution in [0.25, 0.3) is 0 Å². The van der Waals surface area contributed by atoms with Gasteiger partial charge in [0.1, 0.15) is 5.78 Å². The lowest BCUT2D eigenvalue weighted by Gasteiger charge is -2.10. The summed E-state index contributed by atoms with van der Waals surface area (Å²) in [6.07, 6.45) is 0.864. The number of rotatable bonds is 4. The number of benzene rings is 1. The molecule has 0 saturated carbocycles. The molecule has 3 heteroatoms. The highest BCUT2D eigenvalue weighted by Gasteiger charge is 2.12. The summed E-state index contributed by atoms with van der Waals surface area (Å²) in [6, 6.07) is 7.57. The van der Waals surface area contributed by atoms with Gasteiger partial charge < -0.3 is 0 Å². The van der Waals surface area contributed by atoms with Crippen molar-refractivity contribution in [2.75, 3.05) is 0 Å². The largest absolute Gasteiger partial charge is 0.299 e. The number of carbonyl (C=O) groups excluding carboxylic acids is 1. The molecule has 0 aliphatic heterocycles. The van der Waals surface area contributed by atoms with Crippen molar-refractivity contribution >= 4 is 29.1 Å². The number of ketones is 1. The van der Waals surface area contributed by atoms with Gasteiger partial charge in [-0.2, -0.15) is 0 Å². The van der Waals surface area contributed by atoms with Crippen molar-refractivity contribution in [3.8, 4) is 0 Å². The Morgan fingerprint density at radius 3 is 2.43 bits per heavy atom. The molecule has 1 aromatic rings. The normalized spacial score (nSPS) is 12.5. The monoisotopic (exact) mass is 228 g/mol. The quantitative estimate of drug-likeness (QED) is 0.730. The molecule has 0 aliphatic rings. The molecule has 1 aromatic carbocycles. The van der Waals surface area contributed by atoms with Crippen LogP contribution >= 0.6 is 23.4 Å². The lowest BCUT2D eigenvalue weighted by molar-refractivity contribution is -0.116. The van der Waals surface area contributed by atoms with E-state index >= 15 is 0 Å². The number of carbonyl (C=O) groups is 1. The Morgan fingerprint density at radius 1 is 1.43 bits per heavy atom. The van der Waals surface area contributed by atoms with E-state index in [4.69, 9.17) is 11.6 Å². The van der Waals surface area contributed by atoms with E-state index in [9.17, 15) is 4.79 Å². The molecule has 0 amide bonds. The standard InChI is InChI=1S/C11H13ClOS/c1-3-11(8(2)13)14-10-6-4-9(12)5-7-10/h4-7,11H,3H2,1-2H3. The molecule has 1 nitrogen and oxygen atoms in total. The predicted octanol–water partition coefficient (Wildman–Crippen LogP) is 3.80. The van der Waals surface area contributed by atoms with E-state index in [0.717, 1.165) is 16.3 Å². The molecule has 0 fully saturated rings. The maximum Gasteiger partial charge on any atom is 0.143 e. The summed E-state index contributed by atoms with van der Waals surface area (Å²) in [4.78, 5) is 12.3. The van der Waals surface area contributed by atoms with Gasteiger partial charge in [0.25, 0.3) is 0 Å². The summed E-state index contributed by atoms with van der Waals surface area (Å²) in [5.74, 6) is 0.229. The van der Waals surface area contributed by atoms with Crippen molar-refractivity contribution in [1.29, 1.82) is 0 Å². The van der Waals surface area contributed by atoms with Crippen LogP contribution < -0.4 is 0 Å². The fourth-order valence-electron chi connectivity index (χ4n) is 1.13. The van der Waals surface area contributed by atoms with Gasteiger partial charge in [-0.1, -0.05) is 18.5 Å². The lowest BCUT2D eigenvalue weighted by Crippen LogP contribution is -2.11. The maximum atomic E-state index is 11.2. The van der Waals surface area contributed by atoms with Gasteiger partial charge in [-0.25, -0.2) is 0 Å². The Labute approximate surface area is 93.8 Å². The predicted molar refractivity (Wildman–Crippen MR) is 62.1 cm³/mol. The van der Waals surface area contributed by atoms with E-state index in [1.807, 2.05) is 31.2 Å². The third kappa shape index (κ3) is 3.35. The van der Waals surface area contributed by atoms with Crippen LogP contribution in [0.15, 0.2) is 29.2 Å². The summed E-state index contributed by atoms with van der Waals surface area (Å²) in [6.45, 7) is 3.66. The van der Waals surface area contributed by atoms with Gasteiger partial charge in [-0.3, -0.25) is 4.79 Å². The molecule has 0 heterocycles. The first-order valence-corrected chi connectivity index (χ1v) is 5.82. The van der Waals surface area contributed by atoms with Crippen LogP contribution in [0.1, 0.15) is 20.3 Å². The van der Waals surface area contributed by atoms with Crippen molar-refractivity contribution in [3.05, 3.63) is 29.3 Å². The smallest absolute Gasteiger partial charge is 0.143 e. The lowest BCUT2D eigenvalue weighted by atomic mass is 10.2. The Bertz CT molecular complexity index is 308. The molecule has 0 aliphatic carbocycles. The molecule has 0 N–H and O–H groups in total. The highest BCUT2D eigenvalue weighted by Crippen LogP contribution is 2.26. The second-order valence-corrected chi connectivity index (χ2v) is 4.79. The summed E-state index contributed by atoms with van der Waals surface area (Å²) >= 11 is 7.37. The van der Waals surface area contributed by atoms with Gasteiger partial charge in [0.05, 0.1) is 5.25 Å². The van der Waals surface area contributed by atoms with E-state index in [0.29, 0.717) is 0 Å². The number of Topliss-reactive ketones (excluding diaryl/α,β-unsaturated/α-hetero) is 1. The van der Waals surface area contributed by atoms with Crippen LogP contribution in [0.4, 0.5) is 0 Å². The van der Waals surface area contributed by atoms with E-state index in [1.54, 1.807) is 18.7 Å². The minimum absolute atomic E-state index is 0.0659. The molecule has 0 saturated heterocycles. The zero-order chi connectivity index (χ0) is 10.6.